The lowest BCUT2D eigenvalue weighted by Gasteiger charge is -2.10. The van der Waals surface area contributed by atoms with Crippen molar-refractivity contribution in [3.63, 3.8) is 0 Å². The second kappa shape index (κ2) is 12.0. The van der Waals surface area contributed by atoms with E-state index >= 15 is 0 Å². The molecule has 1 saturated heterocycles. The summed E-state index contributed by atoms with van der Waals surface area (Å²) in [5, 5.41) is 3.06. The zero-order valence-corrected chi connectivity index (χ0v) is 13.5. The monoisotopic (exact) mass is 371 g/mol. The minimum Gasteiger partial charge on any atom is -0.379 e. The second-order valence-corrected chi connectivity index (χ2v) is 4.26. The van der Waals surface area contributed by atoms with Crippen LogP contribution in [-0.2, 0) is 9.47 Å². The Morgan fingerprint density at radius 2 is 2.39 bits per heavy atom. The Bertz CT molecular complexity index is 221. The lowest BCUT2D eigenvalue weighted by atomic mass is 10.2. The molecule has 1 heterocycles. The first-order valence-corrected chi connectivity index (χ1v) is 6.56. The summed E-state index contributed by atoms with van der Waals surface area (Å²) >= 11 is 0. The molecule has 0 aromatic carbocycles. The summed E-state index contributed by atoms with van der Waals surface area (Å²) < 4.78 is 11.0. The fourth-order valence-corrected chi connectivity index (χ4v) is 1.67. The average molecular weight is 371 g/mol. The fraction of sp³-hybridized carbons (Fsp3) is 0.917. The molecule has 1 fully saturated rings. The maximum absolute atomic E-state index is 5.65. The normalized spacial score (nSPS) is 19.6. The summed E-state index contributed by atoms with van der Waals surface area (Å²) in [5.41, 5.74) is 5.65. The molecule has 108 valence electrons. The van der Waals surface area contributed by atoms with Crippen molar-refractivity contribution < 1.29 is 9.47 Å². The number of aliphatic imine (C=N–C) groups is 1. The third kappa shape index (κ3) is 8.93. The van der Waals surface area contributed by atoms with Gasteiger partial charge in [-0.05, 0) is 25.7 Å². The molecule has 1 aliphatic heterocycles. The van der Waals surface area contributed by atoms with E-state index in [0.717, 1.165) is 52.2 Å². The molecular formula is C12H26IN3O2. The highest BCUT2D eigenvalue weighted by Crippen LogP contribution is 2.11. The summed E-state index contributed by atoms with van der Waals surface area (Å²) in [6, 6.07) is 0. The van der Waals surface area contributed by atoms with Gasteiger partial charge in [0.15, 0.2) is 5.96 Å². The third-order valence-electron chi connectivity index (χ3n) is 2.61. The van der Waals surface area contributed by atoms with Gasteiger partial charge in [-0.3, -0.25) is 4.99 Å². The van der Waals surface area contributed by atoms with E-state index in [1.165, 1.54) is 6.42 Å². The summed E-state index contributed by atoms with van der Waals surface area (Å²) in [7, 11) is 0. The molecule has 6 heteroatoms. The van der Waals surface area contributed by atoms with Gasteiger partial charge in [-0.25, -0.2) is 0 Å². The molecule has 1 unspecified atom stereocenters. The van der Waals surface area contributed by atoms with Crippen LogP contribution in [0, 0.1) is 0 Å². The highest BCUT2D eigenvalue weighted by molar-refractivity contribution is 14.0. The average Bonchev–Trinajstić information content (AvgIpc) is 2.84. The van der Waals surface area contributed by atoms with Gasteiger partial charge >= 0.3 is 0 Å². The van der Waals surface area contributed by atoms with Gasteiger partial charge in [-0.1, -0.05) is 6.92 Å². The van der Waals surface area contributed by atoms with Crippen LogP contribution in [0.4, 0.5) is 0 Å². The number of hydrogen-bond acceptors (Lipinski definition) is 3. The van der Waals surface area contributed by atoms with Crippen LogP contribution in [0.1, 0.15) is 32.6 Å². The van der Waals surface area contributed by atoms with E-state index in [1.807, 2.05) is 0 Å². The van der Waals surface area contributed by atoms with E-state index in [4.69, 9.17) is 15.2 Å². The lowest BCUT2D eigenvalue weighted by Crippen LogP contribution is -2.33. The largest absolute Gasteiger partial charge is 0.379 e. The molecule has 5 nitrogen and oxygen atoms in total. The summed E-state index contributed by atoms with van der Waals surface area (Å²) in [4.78, 5) is 4.15. The Morgan fingerprint density at radius 1 is 1.56 bits per heavy atom. The van der Waals surface area contributed by atoms with Crippen LogP contribution in [-0.4, -0.2) is 45.0 Å². The van der Waals surface area contributed by atoms with Gasteiger partial charge in [0.25, 0.3) is 0 Å². The number of nitrogens with zero attached hydrogens (tertiary/aromatic N) is 1. The van der Waals surface area contributed by atoms with E-state index in [0.29, 0.717) is 12.1 Å². The van der Waals surface area contributed by atoms with Gasteiger partial charge in [0.1, 0.15) is 0 Å². The number of hydrogen-bond donors (Lipinski definition) is 2. The van der Waals surface area contributed by atoms with Crippen LogP contribution < -0.4 is 11.1 Å². The van der Waals surface area contributed by atoms with Crippen LogP contribution in [0.25, 0.3) is 0 Å². The molecule has 1 aliphatic rings. The first-order chi connectivity index (χ1) is 8.33. The molecule has 0 aromatic rings. The van der Waals surface area contributed by atoms with Crippen molar-refractivity contribution >= 4 is 29.9 Å². The van der Waals surface area contributed by atoms with Crippen LogP contribution in [0.3, 0.4) is 0 Å². The summed E-state index contributed by atoms with van der Waals surface area (Å²) in [5.74, 6) is 0.533. The minimum atomic E-state index is 0. The molecule has 0 radical (unpaired) electrons. The quantitative estimate of drug-likeness (QED) is 0.294. The van der Waals surface area contributed by atoms with E-state index in [1.54, 1.807) is 0 Å². The zero-order chi connectivity index (χ0) is 12.3. The Hall–Kier alpha value is -0.0800. The van der Waals surface area contributed by atoms with Crippen LogP contribution in [0.15, 0.2) is 4.99 Å². The molecule has 1 rings (SSSR count). The molecule has 3 N–H and O–H groups in total. The molecular weight excluding hydrogens is 345 g/mol. The Kier molecular flexibility index (Phi) is 11.9. The molecule has 0 bridgehead atoms. The minimum absolute atomic E-state index is 0. The predicted molar refractivity (Wildman–Crippen MR) is 84.6 cm³/mol. The topological polar surface area (TPSA) is 68.9 Å². The molecule has 0 spiro atoms. The van der Waals surface area contributed by atoms with E-state index in [9.17, 15) is 0 Å². The van der Waals surface area contributed by atoms with E-state index < -0.39 is 0 Å². The standard InChI is InChI=1S/C12H25N3O2.HI/c1-2-6-14-12(13)15-7-4-8-16-10-11-5-3-9-17-11;/h11H,2-10H2,1H3,(H3,13,14,15);1H. The van der Waals surface area contributed by atoms with Crippen molar-refractivity contribution in [2.75, 3.05) is 32.9 Å². The van der Waals surface area contributed by atoms with Gasteiger partial charge < -0.3 is 20.5 Å². The molecule has 0 aliphatic carbocycles. The number of halogens is 1. The van der Waals surface area contributed by atoms with Gasteiger partial charge in [-0.2, -0.15) is 0 Å². The number of guanidine groups is 1. The summed E-state index contributed by atoms with van der Waals surface area (Å²) in [6.45, 7) is 6.03. The molecule has 0 saturated carbocycles. The number of rotatable bonds is 8. The first kappa shape index (κ1) is 17.9. The van der Waals surface area contributed by atoms with Crippen LogP contribution in [0.2, 0.25) is 0 Å². The maximum atomic E-state index is 5.65. The molecule has 0 aromatic heterocycles. The highest BCUT2D eigenvalue weighted by atomic mass is 127. The number of nitrogens with one attached hydrogen (secondary N) is 1. The van der Waals surface area contributed by atoms with E-state index in [-0.39, 0.29) is 24.0 Å². The van der Waals surface area contributed by atoms with Crippen molar-refractivity contribution in [2.45, 2.75) is 38.7 Å². The SMILES string of the molecule is CCCN=C(N)NCCCOCC1CCCO1.I. The lowest BCUT2D eigenvalue weighted by molar-refractivity contribution is 0.0168. The smallest absolute Gasteiger partial charge is 0.188 e. The van der Waals surface area contributed by atoms with Crippen molar-refractivity contribution in [3.8, 4) is 0 Å². The van der Waals surface area contributed by atoms with Gasteiger partial charge in [0, 0.05) is 26.3 Å². The fourth-order valence-electron chi connectivity index (χ4n) is 1.67. The third-order valence-corrected chi connectivity index (χ3v) is 2.61. The first-order valence-electron chi connectivity index (χ1n) is 6.56. The number of nitrogens with two attached hydrogens (primary N) is 1. The second-order valence-electron chi connectivity index (χ2n) is 4.26. The van der Waals surface area contributed by atoms with Crippen molar-refractivity contribution in [1.29, 1.82) is 0 Å². The molecule has 0 amide bonds. The molecule has 1 atom stereocenters. The van der Waals surface area contributed by atoms with Crippen molar-refractivity contribution in [1.82, 2.24) is 5.32 Å². The van der Waals surface area contributed by atoms with Crippen LogP contribution >= 0.6 is 24.0 Å². The highest BCUT2D eigenvalue weighted by Gasteiger charge is 2.14. The zero-order valence-electron chi connectivity index (χ0n) is 11.2. The molecule has 18 heavy (non-hydrogen) atoms. The van der Waals surface area contributed by atoms with Gasteiger partial charge in [0.05, 0.1) is 12.7 Å². The Morgan fingerprint density at radius 3 is 3.06 bits per heavy atom. The summed E-state index contributed by atoms with van der Waals surface area (Å²) in [6.07, 6.45) is 4.58. The van der Waals surface area contributed by atoms with Crippen LogP contribution in [0.5, 0.6) is 0 Å². The Balaban J connectivity index is 0.00000289. The van der Waals surface area contributed by atoms with Gasteiger partial charge in [-0.15, -0.1) is 24.0 Å². The number of ether oxygens (including phenoxy) is 2. The Labute approximate surface area is 127 Å². The van der Waals surface area contributed by atoms with E-state index in [2.05, 4.69) is 17.2 Å². The van der Waals surface area contributed by atoms with Crippen molar-refractivity contribution in [3.05, 3.63) is 0 Å². The van der Waals surface area contributed by atoms with Crippen molar-refractivity contribution in [2.24, 2.45) is 10.7 Å². The maximum Gasteiger partial charge on any atom is 0.188 e. The predicted octanol–water partition coefficient (Wildman–Crippen LogP) is 1.50. The van der Waals surface area contributed by atoms with Gasteiger partial charge in [0.2, 0.25) is 0 Å².